The highest BCUT2D eigenvalue weighted by molar-refractivity contribution is 9.10. The molecule has 0 fully saturated rings. The molecule has 1 heterocycles. The molecule has 6 heteroatoms. The maximum absolute atomic E-state index is 11.0. The number of aromatic nitrogens is 2. The Hall–Kier alpha value is -0.880. The molecule has 5 nitrogen and oxygen atoms in total. The Bertz CT molecular complexity index is 326. The maximum atomic E-state index is 11.0. The van der Waals surface area contributed by atoms with Gasteiger partial charge in [-0.25, -0.2) is 4.98 Å². The van der Waals surface area contributed by atoms with Crippen LogP contribution >= 0.6 is 15.9 Å². The molecular formula is C7H10BrN3O2. The molecule has 0 aliphatic heterocycles. The molecule has 0 saturated heterocycles. The molecule has 0 radical (unpaired) electrons. The third-order valence-corrected chi connectivity index (χ3v) is 2.16. The van der Waals surface area contributed by atoms with Gasteiger partial charge in [0, 0.05) is 13.2 Å². The summed E-state index contributed by atoms with van der Waals surface area (Å²) in [5.74, 6) is 0.497. The lowest BCUT2D eigenvalue weighted by molar-refractivity contribution is 0.292. The number of hydrogen-bond donors (Lipinski definition) is 3. The van der Waals surface area contributed by atoms with Crippen LogP contribution in [0.1, 0.15) is 6.42 Å². The van der Waals surface area contributed by atoms with Gasteiger partial charge in [0.05, 0.1) is 6.33 Å². The lowest BCUT2D eigenvalue weighted by atomic mass is 10.4. The molecule has 1 aromatic rings. The number of hydrogen-bond acceptors (Lipinski definition) is 4. The third-order valence-electron chi connectivity index (χ3n) is 1.42. The van der Waals surface area contributed by atoms with Gasteiger partial charge in [0.1, 0.15) is 10.3 Å². The normalized spacial score (nSPS) is 10.0. The smallest absolute Gasteiger partial charge is 0.267 e. The van der Waals surface area contributed by atoms with Crippen molar-refractivity contribution in [3.05, 3.63) is 21.2 Å². The number of rotatable bonds is 4. The van der Waals surface area contributed by atoms with E-state index in [1.165, 1.54) is 6.33 Å². The minimum absolute atomic E-state index is 0.119. The fourth-order valence-electron chi connectivity index (χ4n) is 0.792. The van der Waals surface area contributed by atoms with E-state index in [4.69, 9.17) is 5.11 Å². The first kappa shape index (κ1) is 10.2. The molecule has 0 spiro atoms. The first-order chi connectivity index (χ1) is 6.25. The molecule has 1 rings (SSSR count). The van der Waals surface area contributed by atoms with E-state index in [1.54, 1.807) is 0 Å². The van der Waals surface area contributed by atoms with Gasteiger partial charge >= 0.3 is 0 Å². The van der Waals surface area contributed by atoms with Gasteiger partial charge in [0.2, 0.25) is 0 Å². The van der Waals surface area contributed by atoms with Crippen LogP contribution in [0.25, 0.3) is 0 Å². The third kappa shape index (κ3) is 2.82. The molecule has 0 bridgehead atoms. The molecule has 0 aliphatic carbocycles. The van der Waals surface area contributed by atoms with Crippen molar-refractivity contribution >= 4 is 21.7 Å². The molecule has 0 atom stereocenters. The second-order valence-electron chi connectivity index (χ2n) is 2.40. The van der Waals surface area contributed by atoms with E-state index in [1.807, 2.05) is 0 Å². The first-order valence-corrected chi connectivity index (χ1v) is 4.63. The van der Waals surface area contributed by atoms with E-state index in [-0.39, 0.29) is 12.2 Å². The van der Waals surface area contributed by atoms with Crippen LogP contribution in [-0.4, -0.2) is 28.2 Å². The summed E-state index contributed by atoms with van der Waals surface area (Å²) in [5.41, 5.74) is -0.221. The fraction of sp³-hybridized carbons (Fsp3) is 0.429. The van der Waals surface area contributed by atoms with Gasteiger partial charge < -0.3 is 15.4 Å². The molecular weight excluding hydrogens is 238 g/mol. The average molecular weight is 248 g/mol. The van der Waals surface area contributed by atoms with Gasteiger partial charge in [-0.15, -0.1) is 0 Å². The van der Waals surface area contributed by atoms with E-state index in [9.17, 15) is 4.79 Å². The second kappa shape index (κ2) is 4.98. The first-order valence-electron chi connectivity index (χ1n) is 3.83. The summed E-state index contributed by atoms with van der Waals surface area (Å²) in [7, 11) is 0. The Labute approximate surface area is 83.3 Å². The fourth-order valence-corrected chi connectivity index (χ4v) is 1.15. The molecule has 72 valence electrons. The average Bonchev–Trinajstić information content (AvgIpc) is 2.13. The molecule has 0 aliphatic rings. The van der Waals surface area contributed by atoms with E-state index in [0.717, 1.165) is 0 Å². The minimum Gasteiger partial charge on any atom is -0.396 e. The summed E-state index contributed by atoms with van der Waals surface area (Å²) in [6, 6.07) is 0. The summed E-state index contributed by atoms with van der Waals surface area (Å²) in [4.78, 5) is 17.4. The Morgan fingerprint density at radius 3 is 3.15 bits per heavy atom. The van der Waals surface area contributed by atoms with Gasteiger partial charge in [-0.05, 0) is 22.4 Å². The zero-order valence-electron chi connectivity index (χ0n) is 6.88. The van der Waals surface area contributed by atoms with Crippen LogP contribution in [-0.2, 0) is 0 Å². The van der Waals surface area contributed by atoms with Crippen LogP contribution in [0, 0.1) is 0 Å². The number of anilines is 1. The van der Waals surface area contributed by atoms with Crippen LogP contribution in [0.2, 0.25) is 0 Å². The van der Waals surface area contributed by atoms with Crippen molar-refractivity contribution in [3.63, 3.8) is 0 Å². The summed E-state index contributed by atoms with van der Waals surface area (Å²) in [6.07, 6.45) is 1.95. The van der Waals surface area contributed by atoms with Crippen LogP contribution in [0.4, 0.5) is 5.82 Å². The number of nitrogens with zero attached hydrogens (tertiary/aromatic N) is 1. The van der Waals surface area contributed by atoms with Crippen LogP contribution in [0.15, 0.2) is 15.6 Å². The molecule has 0 aromatic carbocycles. The topological polar surface area (TPSA) is 78.0 Å². The molecule has 0 amide bonds. The molecule has 3 N–H and O–H groups in total. The zero-order chi connectivity index (χ0) is 9.68. The van der Waals surface area contributed by atoms with E-state index in [0.29, 0.717) is 23.3 Å². The van der Waals surface area contributed by atoms with E-state index in [2.05, 4.69) is 31.2 Å². The Balaban J connectivity index is 2.66. The number of H-pyrrole nitrogens is 1. The summed E-state index contributed by atoms with van der Waals surface area (Å²) < 4.78 is 0.382. The Morgan fingerprint density at radius 1 is 1.69 bits per heavy atom. The van der Waals surface area contributed by atoms with Crippen LogP contribution < -0.4 is 10.9 Å². The lowest BCUT2D eigenvalue weighted by Gasteiger charge is -2.04. The maximum Gasteiger partial charge on any atom is 0.267 e. The van der Waals surface area contributed by atoms with Crippen molar-refractivity contribution < 1.29 is 5.11 Å². The molecule has 13 heavy (non-hydrogen) atoms. The highest BCUT2D eigenvalue weighted by atomic mass is 79.9. The number of halogens is 1. The molecule has 0 unspecified atom stereocenters. The van der Waals surface area contributed by atoms with Crippen molar-refractivity contribution in [1.82, 2.24) is 9.97 Å². The van der Waals surface area contributed by atoms with Gasteiger partial charge in [0.15, 0.2) is 0 Å². The largest absolute Gasteiger partial charge is 0.396 e. The number of nitrogens with one attached hydrogen (secondary N) is 2. The predicted octanol–water partition coefficient (Wildman–Crippen LogP) is 0.327. The SMILES string of the molecule is O=c1[nH]cnc(NCCCO)c1Br. The van der Waals surface area contributed by atoms with Crippen LogP contribution in [0.5, 0.6) is 0 Å². The quantitative estimate of drug-likeness (QED) is 0.671. The summed E-state index contributed by atoms with van der Waals surface area (Å²) in [5, 5.41) is 11.4. The van der Waals surface area contributed by atoms with Gasteiger partial charge in [-0.3, -0.25) is 4.79 Å². The summed E-state index contributed by atoms with van der Waals surface area (Å²) in [6.45, 7) is 0.708. The molecule has 1 aromatic heterocycles. The van der Waals surface area contributed by atoms with Gasteiger partial charge in [0.25, 0.3) is 5.56 Å². The van der Waals surface area contributed by atoms with Gasteiger partial charge in [-0.1, -0.05) is 0 Å². The molecule has 0 saturated carbocycles. The van der Waals surface area contributed by atoms with Crippen molar-refractivity contribution in [3.8, 4) is 0 Å². The highest BCUT2D eigenvalue weighted by Gasteiger charge is 2.02. The lowest BCUT2D eigenvalue weighted by Crippen LogP contribution is -2.13. The van der Waals surface area contributed by atoms with Crippen LogP contribution in [0.3, 0.4) is 0 Å². The monoisotopic (exact) mass is 247 g/mol. The van der Waals surface area contributed by atoms with E-state index >= 15 is 0 Å². The highest BCUT2D eigenvalue weighted by Crippen LogP contribution is 2.12. The minimum atomic E-state index is -0.221. The zero-order valence-corrected chi connectivity index (χ0v) is 8.47. The summed E-state index contributed by atoms with van der Waals surface area (Å²) >= 11 is 3.10. The Morgan fingerprint density at radius 2 is 2.46 bits per heavy atom. The predicted molar refractivity (Wildman–Crippen MR) is 52.8 cm³/mol. The van der Waals surface area contributed by atoms with E-state index < -0.39 is 0 Å². The number of aliphatic hydroxyl groups excluding tert-OH is 1. The number of aliphatic hydroxyl groups is 1. The standard InChI is InChI=1S/C7H10BrN3O2/c8-5-6(9-2-1-3-12)10-4-11-7(5)13/h4,12H,1-3H2,(H2,9,10,11,13). The number of aromatic amines is 1. The van der Waals surface area contributed by atoms with Crippen molar-refractivity contribution in [2.45, 2.75) is 6.42 Å². The van der Waals surface area contributed by atoms with Crippen molar-refractivity contribution in [2.24, 2.45) is 0 Å². The van der Waals surface area contributed by atoms with Crippen molar-refractivity contribution in [2.75, 3.05) is 18.5 Å². The Kier molecular flexibility index (Phi) is 3.91. The second-order valence-corrected chi connectivity index (χ2v) is 3.19. The van der Waals surface area contributed by atoms with Gasteiger partial charge in [-0.2, -0.15) is 0 Å². The van der Waals surface area contributed by atoms with Crippen molar-refractivity contribution in [1.29, 1.82) is 0 Å².